The predicted molar refractivity (Wildman–Crippen MR) is 79.3 cm³/mol. The molecule has 1 N–H and O–H groups in total. The topological polar surface area (TPSA) is 98.1 Å². The summed E-state index contributed by atoms with van der Waals surface area (Å²) >= 11 is 0. The minimum absolute atomic E-state index is 0.0114. The van der Waals surface area contributed by atoms with Crippen LogP contribution in [0.4, 0.5) is 5.82 Å². The number of fused-ring (bicyclic) bond motifs is 1. The summed E-state index contributed by atoms with van der Waals surface area (Å²) in [6, 6.07) is 0.0114. The number of ether oxygens (including phenoxy) is 1. The fourth-order valence-electron chi connectivity index (χ4n) is 2.54. The third-order valence-corrected chi connectivity index (χ3v) is 3.73. The fourth-order valence-corrected chi connectivity index (χ4v) is 2.54. The van der Waals surface area contributed by atoms with Crippen LogP contribution in [0.1, 0.15) is 6.92 Å². The summed E-state index contributed by atoms with van der Waals surface area (Å²) in [6.45, 7) is 3.67. The van der Waals surface area contributed by atoms with Crippen molar-refractivity contribution >= 4 is 22.9 Å². The number of nitrogens with zero attached hydrogens (tertiary/aromatic N) is 6. The van der Waals surface area contributed by atoms with Crippen LogP contribution < -0.4 is 10.2 Å². The van der Waals surface area contributed by atoms with E-state index in [0.29, 0.717) is 30.9 Å². The molecule has 3 rings (SSSR count). The van der Waals surface area contributed by atoms with Crippen LogP contribution in [0, 0.1) is 5.92 Å². The fraction of sp³-hybridized carbons (Fsp3) is 0.615. The van der Waals surface area contributed by atoms with Gasteiger partial charge in [-0.3, -0.25) is 4.79 Å². The molecule has 0 bridgehead atoms. The molecule has 0 radical (unpaired) electrons. The number of nitrogens with one attached hydrogen (secondary N) is 1. The minimum Gasteiger partial charge on any atom is -0.383 e. The van der Waals surface area contributed by atoms with Crippen molar-refractivity contribution in [1.82, 2.24) is 30.3 Å². The quantitative estimate of drug-likeness (QED) is 0.783. The first kappa shape index (κ1) is 14.6. The van der Waals surface area contributed by atoms with Gasteiger partial charge in [0.05, 0.1) is 12.5 Å². The number of rotatable bonds is 5. The average Bonchev–Trinajstić information content (AvgIpc) is 2.80. The second-order valence-electron chi connectivity index (χ2n) is 5.55. The Morgan fingerprint density at radius 1 is 1.50 bits per heavy atom. The molecule has 0 aliphatic carbocycles. The van der Waals surface area contributed by atoms with Gasteiger partial charge in [-0.2, -0.15) is 0 Å². The minimum atomic E-state index is -0.0407. The van der Waals surface area contributed by atoms with E-state index in [1.165, 1.54) is 6.33 Å². The third-order valence-electron chi connectivity index (χ3n) is 3.73. The molecule has 1 atom stereocenters. The maximum absolute atomic E-state index is 12.1. The number of carbonyl (C=O) groups excluding carboxylic acids is 1. The van der Waals surface area contributed by atoms with E-state index in [1.807, 2.05) is 11.8 Å². The number of anilines is 1. The van der Waals surface area contributed by atoms with Gasteiger partial charge >= 0.3 is 0 Å². The van der Waals surface area contributed by atoms with E-state index in [2.05, 4.69) is 25.6 Å². The number of methoxy groups -OCH3 is 1. The third kappa shape index (κ3) is 2.59. The lowest BCUT2D eigenvalue weighted by Crippen LogP contribution is -2.55. The normalized spacial score (nSPS) is 16.6. The van der Waals surface area contributed by atoms with Crippen molar-refractivity contribution in [3.05, 3.63) is 6.33 Å². The molecular formula is C13H19N7O2. The van der Waals surface area contributed by atoms with Gasteiger partial charge in [0.2, 0.25) is 5.91 Å². The molecule has 0 spiro atoms. The van der Waals surface area contributed by atoms with Crippen LogP contribution in [-0.4, -0.2) is 63.7 Å². The highest BCUT2D eigenvalue weighted by Gasteiger charge is 2.35. The van der Waals surface area contributed by atoms with E-state index in [4.69, 9.17) is 4.74 Å². The maximum Gasteiger partial charge on any atom is 0.226 e. The number of hydrogen-bond donors (Lipinski definition) is 1. The first-order valence-electron chi connectivity index (χ1n) is 7.14. The smallest absolute Gasteiger partial charge is 0.226 e. The summed E-state index contributed by atoms with van der Waals surface area (Å²) < 4.78 is 6.63. The van der Waals surface area contributed by atoms with E-state index in [9.17, 15) is 4.79 Å². The lowest BCUT2D eigenvalue weighted by Gasteiger charge is -2.39. The van der Waals surface area contributed by atoms with Crippen molar-refractivity contribution in [3.63, 3.8) is 0 Å². The molecule has 1 fully saturated rings. The second-order valence-corrected chi connectivity index (χ2v) is 5.55. The Kier molecular flexibility index (Phi) is 3.88. The molecule has 2 aromatic heterocycles. The summed E-state index contributed by atoms with van der Waals surface area (Å²) in [5.41, 5.74) is 1.35. The monoisotopic (exact) mass is 305 g/mol. The Bertz CT molecular complexity index is 680. The number of aromatic nitrogens is 5. The summed E-state index contributed by atoms with van der Waals surface area (Å²) in [5, 5.41) is 11.0. The van der Waals surface area contributed by atoms with Gasteiger partial charge in [-0.15, -0.1) is 5.10 Å². The maximum atomic E-state index is 12.1. The Hall–Kier alpha value is -2.29. The molecular weight excluding hydrogens is 286 g/mol. The van der Waals surface area contributed by atoms with Crippen molar-refractivity contribution < 1.29 is 9.53 Å². The Morgan fingerprint density at radius 3 is 3.00 bits per heavy atom. The Morgan fingerprint density at radius 2 is 2.27 bits per heavy atom. The van der Waals surface area contributed by atoms with Crippen LogP contribution in [-0.2, 0) is 16.6 Å². The first-order chi connectivity index (χ1) is 10.6. The molecule has 9 nitrogen and oxygen atoms in total. The molecule has 1 unspecified atom stereocenters. The molecule has 0 saturated carbocycles. The first-order valence-corrected chi connectivity index (χ1v) is 7.14. The number of carbonyl (C=O) groups is 1. The van der Waals surface area contributed by atoms with Crippen molar-refractivity contribution in [2.45, 2.75) is 13.0 Å². The van der Waals surface area contributed by atoms with Gasteiger partial charge < -0.3 is 15.0 Å². The van der Waals surface area contributed by atoms with E-state index in [1.54, 1.807) is 18.8 Å². The van der Waals surface area contributed by atoms with Gasteiger partial charge in [0.1, 0.15) is 6.33 Å². The van der Waals surface area contributed by atoms with Gasteiger partial charge in [0.15, 0.2) is 17.0 Å². The number of hydrogen-bond acceptors (Lipinski definition) is 7. The van der Waals surface area contributed by atoms with Gasteiger partial charge in [0.25, 0.3) is 0 Å². The van der Waals surface area contributed by atoms with E-state index < -0.39 is 0 Å². The van der Waals surface area contributed by atoms with Crippen LogP contribution >= 0.6 is 0 Å². The van der Waals surface area contributed by atoms with Crippen LogP contribution in [0.2, 0.25) is 0 Å². The standard InChI is InChI=1S/C13H19N7O2/c1-8(6-22-3)16-13(21)9-4-20(5-9)12-10-11(14-7-15-12)19(2)18-17-10/h7-9H,4-6H2,1-3H3,(H,16,21). The summed E-state index contributed by atoms with van der Waals surface area (Å²) in [6.07, 6.45) is 1.50. The van der Waals surface area contributed by atoms with E-state index in [0.717, 1.165) is 5.82 Å². The lowest BCUT2D eigenvalue weighted by molar-refractivity contribution is -0.126. The molecule has 0 aromatic carbocycles. The van der Waals surface area contributed by atoms with Crippen LogP contribution in [0.25, 0.3) is 11.2 Å². The zero-order valence-corrected chi connectivity index (χ0v) is 12.9. The van der Waals surface area contributed by atoms with Gasteiger partial charge in [0, 0.05) is 33.3 Å². The van der Waals surface area contributed by atoms with Crippen molar-refractivity contribution in [3.8, 4) is 0 Å². The number of amides is 1. The highest BCUT2D eigenvalue weighted by atomic mass is 16.5. The van der Waals surface area contributed by atoms with E-state index >= 15 is 0 Å². The van der Waals surface area contributed by atoms with Gasteiger partial charge in [-0.1, -0.05) is 5.21 Å². The highest BCUT2D eigenvalue weighted by molar-refractivity contribution is 5.86. The molecule has 1 aliphatic heterocycles. The van der Waals surface area contributed by atoms with Crippen molar-refractivity contribution in [2.75, 3.05) is 31.7 Å². The summed E-state index contributed by atoms with van der Waals surface area (Å²) in [7, 11) is 3.41. The highest BCUT2D eigenvalue weighted by Crippen LogP contribution is 2.27. The largest absolute Gasteiger partial charge is 0.383 e. The second kappa shape index (κ2) is 5.84. The van der Waals surface area contributed by atoms with Crippen molar-refractivity contribution in [2.24, 2.45) is 13.0 Å². The Labute approximate surface area is 127 Å². The summed E-state index contributed by atoms with van der Waals surface area (Å²) in [5.74, 6) is 0.735. The van der Waals surface area contributed by atoms with Crippen LogP contribution in [0.5, 0.6) is 0 Å². The zero-order valence-electron chi connectivity index (χ0n) is 12.9. The molecule has 1 saturated heterocycles. The molecule has 3 heterocycles. The molecule has 22 heavy (non-hydrogen) atoms. The SMILES string of the molecule is COCC(C)NC(=O)C1CN(c2ncnc3c2nnn3C)C1. The van der Waals surface area contributed by atoms with Gasteiger partial charge in [-0.25, -0.2) is 14.6 Å². The van der Waals surface area contributed by atoms with Gasteiger partial charge in [-0.05, 0) is 6.92 Å². The van der Waals surface area contributed by atoms with E-state index in [-0.39, 0.29) is 17.9 Å². The van der Waals surface area contributed by atoms with Crippen LogP contribution in [0.3, 0.4) is 0 Å². The molecule has 1 aliphatic rings. The average molecular weight is 305 g/mol. The summed E-state index contributed by atoms with van der Waals surface area (Å²) in [4.78, 5) is 22.6. The van der Waals surface area contributed by atoms with Crippen molar-refractivity contribution in [1.29, 1.82) is 0 Å². The molecule has 1 amide bonds. The number of aryl methyl sites for hydroxylation is 1. The zero-order chi connectivity index (χ0) is 15.7. The molecule has 118 valence electrons. The molecule has 2 aromatic rings. The van der Waals surface area contributed by atoms with Crippen LogP contribution in [0.15, 0.2) is 6.33 Å². The molecule has 9 heteroatoms. The predicted octanol–water partition coefficient (Wildman–Crippen LogP) is -0.654. The lowest BCUT2D eigenvalue weighted by atomic mass is 9.98. The Balaban J connectivity index is 1.64.